The maximum absolute atomic E-state index is 13.6. The van der Waals surface area contributed by atoms with Crippen LogP contribution in [0.15, 0.2) is 51.7 Å². The Morgan fingerprint density at radius 3 is 2.52 bits per heavy atom. The number of nitrogens with zero attached hydrogens (tertiary/aromatic N) is 2. The van der Waals surface area contributed by atoms with Gasteiger partial charge in [0.05, 0.1) is 5.69 Å². The lowest BCUT2D eigenvalue weighted by molar-refractivity contribution is -0.131. The second-order valence-corrected chi connectivity index (χ2v) is 4.81. The minimum absolute atomic E-state index is 0.289. The fourth-order valence-electron chi connectivity index (χ4n) is 1.94. The van der Waals surface area contributed by atoms with E-state index < -0.39 is 29.4 Å². The Labute approximate surface area is 139 Å². The second-order valence-electron chi connectivity index (χ2n) is 4.81. The van der Waals surface area contributed by atoms with E-state index in [1.54, 1.807) is 0 Å². The van der Waals surface area contributed by atoms with Crippen molar-refractivity contribution in [3.63, 3.8) is 0 Å². The van der Waals surface area contributed by atoms with Gasteiger partial charge in [-0.15, -0.1) is 0 Å². The van der Waals surface area contributed by atoms with Gasteiger partial charge in [0.1, 0.15) is 11.6 Å². The first-order valence-electron chi connectivity index (χ1n) is 6.94. The number of esters is 1. The van der Waals surface area contributed by atoms with Gasteiger partial charge in [0.25, 0.3) is 0 Å². The van der Waals surface area contributed by atoms with Gasteiger partial charge >= 0.3 is 17.8 Å². The molecule has 3 rings (SSSR count). The lowest BCUT2D eigenvalue weighted by atomic mass is 10.3. The molecule has 0 amide bonds. The van der Waals surface area contributed by atoms with Gasteiger partial charge in [0, 0.05) is 13.0 Å². The number of hydrogen-bond acceptors (Lipinski definition) is 6. The number of ether oxygens (including phenoxy) is 2. The molecule has 0 radical (unpaired) electrons. The van der Waals surface area contributed by atoms with Crippen molar-refractivity contribution >= 4 is 5.97 Å². The van der Waals surface area contributed by atoms with Crippen LogP contribution in [-0.2, 0) is 4.79 Å². The van der Waals surface area contributed by atoms with Gasteiger partial charge in [-0.05, 0) is 36.4 Å². The summed E-state index contributed by atoms with van der Waals surface area (Å²) in [5, 5.41) is 3.78. The van der Waals surface area contributed by atoms with Gasteiger partial charge in [-0.1, -0.05) is 5.10 Å². The van der Waals surface area contributed by atoms with Crippen LogP contribution in [-0.4, -0.2) is 15.7 Å². The van der Waals surface area contributed by atoms with Crippen LogP contribution in [0.2, 0.25) is 0 Å². The Kier molecular flexibility index (Phi) is 4.29. The maximum Gasteiger partial charge on any atom is 0.444 e. The number of benzene rings is 2. The first-order valence-corrected chi connectivity index (χ1v) is 6.94. The first kappa shape index (κ1) is 16.4. The van der Waals surface area contributed by atoms with E-state index in [0.717, 1.165) is 16.8 Å². The Morgan fingerprint density at radius 2 is 1.88 bits per heavy atom. The topological polar surface area (TPSA) is 83.6 Å². The molecule has 0 N–H and O–H groups in total. The predicted octanol–water partition coefficient (Wildman–Crippen LogP) is 2.82. The SMILES string of the molecule is CC(=O)Oc1ccc(-n2nc(Oc3ccc(F)cc3F)oc2=O)cc1. The van der Waals surface area contributed by atoms with Crippen molar-refractivity contribution in [2.75, 3.05) is 0 Å². The second kappa shape index (κ2) is 6.56. The standard InChI is InChI=1S/C16H10F2N2O5/c1-9(21)23-12-5-3-11(4-6-12)20-16(22)25-15(19-20)24-14-7-2-10(17)8-13(14)18/h2-8H,1H3. The highest BCUT2D eigenvalue weighted by atomic mass is 19.1. The number of hydrogen-bond donors (Lipinski definition) is 0. The van der Waals surface area contributed by atoms with Crippen LogP contribution >= 0.6 is 0 Å². The zero-order chi connectivity index (χ0) is 18.0. The van der Waals surface area contributed by atoms with E-state index in [1.807, 2.05) is 0 Å². The van der Waals surface area contributed by atoms with Crippen LogP contribution in [0.1, 0.15) is 6.92 Å². The Hall–Kier alpha value is -3.49. The molecule has 0 spiro atoms. The number of aromatic nitrogens is 2. The zero-order valence-corrected chi connectivity index (χ0v) is 12.7. The van der Waals surface area contributed by atoms with E-state index in [1.165, 1.54) is 31.2 Å². The monoisotopic (exact) mass is 348 g/mol. The van der Waals surface area contributed by atoms with Crippen molar-refractivity contribution in [1.29, 1.82) is 0 Å². The molecule has 0 aliphatic heterocycles. The lowest BCUT2D eigenvalue weighted by Crippen LogP contribution is -2.13. The summed E-state index contributed by atoms with van der Waals surface area (Å²) < 4.78 is 42.0. The fraction of sp³-hybridized carbons (Fsp3) is 0.0625. The Bertz CT molecular complexity index is 979. The summed E-state index contributed by atoms with van der Waals surface area (Å²) in [5.41, 5.74) is 0.305. The highest BCUT2D eigenvalue weighted by molar-refractivity contribution is 5.69. The van der Waals surface area contributed by atoms with Crippen molar-refractivity contribution < 1.29 is 27.5 Å². The van der Waals surface area contributed by atoms with Gasteiger partial charge in [-0.3, -0.25) is 4.79 Å². The third-order valence-corrected chi connectivity index (χ3v) is 2.96. The van der Waals surface area contributed by atoms with E-state index in [2.05, 4.69) is 5.10 Å². The summed E-state index contributed by atoms with van der Waals surface area (Å²) in [6.07, 6.45) is -0.514. The van der Waals surface area contributed by atoms with E-state index >= 15 is 0 Å². The van der Waals surface area contributed by atoms with E-state index in [4.69, 9.17) is 13.9 Å². The summed E-state index contributed by atoms with van der Waals surface area (Å²) >= 11 is 0. The molecular formula is C16H10F2N2O5. The summed E-state index contributed by atoms with van der Waals surface area (Å²) in [6.45, 7) is 1.26. The fourth-order valence-corrected chi connectivity index (χ4v) is 1.94. The molecule has 1 aromatic heterocycles. The minimum atomic E-state index is -0.970. The van der Waals surface area contributed by atoms with E-state index in [9.17, 15) is 18.4 Å². The molecule has 0 aliphatic carbocycles. The number of halogens is 2. The third kappa shape index (κ3) is 3.71. The maximum atomic E-state index is 13.6. The van der Waals surface area contributed by atoms with Crippen molar-refractivity contribution in [3.05, 3.63) is 64.6 Å². The highest BCUT2D eigenvalue weighted by Gasteiger charge is 2.14. The molecule has 0 saturated heterocycles. The predicted molar refractivity (Wildman–Crippen MR) is 79.8 cm³/mol. The van der Waals surface area contributed by atoms with Gasteiger partial charge in [-0.2, -0.15) is 4.68 Å². The van der Waals surface area contributed by atoms with Gasteiger partial charge < -0.3 is 13.9 Å². The van der Waals surface area contributed by atoms with Crippen molar-refractivity contribution in [2.24, 2.45) is 0 Å². The van der Waals surface area contributed by atoms with Crippen molar-refractivity contribution in [1.82, 2.24) is 9.78 Å². The summed E-state index contributed by atoms with van der Waals surface area (Å²) in [5.74, 6) is -3.16. The molecule has 0 atom stereocenters. The first-order chi connectivity index (χ1) is 11.9. The van der Waals surface area contributed by atoms with Gasteiger partial charge in [0.15, 0.2) is 11.6 Å². The van der Waals surface area contributed by atoms with Gasteiger partial charge in [0.2, 0.25) is 0 Å². The summed E-state index contributed by atoms with van der Waals surface area (Å²) in [6, 6.07) is 8.49. The molecule has 1 heterocycles. The molecule has 3 aromatic rings. The van der Waals surface area contributed by atoms with E-state index in [0.29, 0.717) is 11.8 Å². The molecule has 0 fully saturated rings. The molecular weight excluding hydrogens is 338 g/mol. The number of carbonyl (C=O) groups excluding carboxylic acids is 1. The molecule has 2 aromatic carbocycles. The lowest BCUT2D eigenvalue weighted by Gasteiger charge is -2.02. The largest absolute Gasteiger partial charge is 0.444 e. The molecule has 7 nitrogen and oxygen atoms in total. The Balaban J connectivity index is 1.85. The molecule has 9 heteroatoms. The molecule has 128 valence electrons. The number of carbonyl (C=O) groups is 1. The summed E-state index contributed by atoms with van der Waals surface area (Å²) in [4.78, 5) is 22.7. The van der Waals surface area contributed by atoms with Crippen LogP contribution in [0.3, 0.4) is 0 Å². The van der Waals surface area contributed by atoms with Crippen LogP contribution in [0.25, 0.3) is 5.69 Å². The number of rotatable bonds is 4. The molecule has 0 unspecified atom stereocenters. The van der Waals surface area contributed by atoms with Crippen molar-refractivity contribution in [3.8, 4) is 23.3 Å². The normalized spacial score (nSPS) is 10.5. The van der Waals surface area contributed by atoms with E-state index in [-0.39, 0.29) is 11.5 Å². The average molecular weight is 348 g/mol. The van der Waals surface area contributed by atoms with Crippen molar-refractivity contribution in [2.45, 2.75) is 6.92 Å². The molecule has 0 aliphatic rings. The van der Waals surface area contributed by atoms with Crippen LogP contribution < -0.4 is 15.2 Å². The van der Waals surface area contributed by atoms with Gasteiger partial charge in [-0.25, -0.2) is 13.6 Å². The Morgan fingerprint density at radius 1 is 1.16 bits per heavy atom. The quantitative estimate of drug-likeness (QED) is 0.532. The summed E-state index contributed by atoms with van der Waals surface area (Å²) in [7, 11) is 0. The molecule has 0 bridgehead atoms. The molecule has 25 heavy (non-hydrogen) atoms. The third-order valence-electron chi connectivity index (χ3n) is 2.96. The smallest absolute Gasteiger partial charge is 0.427 e. The highest BCUT2D eigenvalue weighted by Crippen LogP contribution is 2.23. The minimum Gasteiger partial charge on any atom is -0.427 e. The average Bonchev–Trinajstić information content (AvgIpc) is 2.91. The van der Waals surface area contributed by atoms with Crippen LogP contribution in [0, 0.1) is 11.6 Å². The van der Waals surface area contributed by atoms with Crippen LogP contribution in [0.4, 0.5) is 8.78 Å². The molecule has 0 saturated carbocycles. The van der Waals surface area contributed by atoms with Crippen LogP contribution in [0.5, 0.6) is 17.6 Å². The zero-order valence-electron chi connectivity index (χ0n) is 12.7.